The molecule has 3 N–H and O–H groups in total. The molecule has 6 heteroatoms. The lowest BCUT2D eigenvalue weighted by molar-refractivity contribution is -0.138. The van der Waals surface area contributed by atoms with E-state index in [1.54, 1.807) is 32.9 Å². The van der Waals surface area contributed by atoms with E-state index in [2.05, 4.69) is 5.32 Å². The van der Waals surface area contributed by atoms with Crippen molar-refractivity contribution in [3.05, 3.63) is 29.8 Å². The SMILES string of the molecule is CC(C)(C)OC(=O)NCC(C(=O)O)c1cccc(O)c1. The molecular weight excluding hydrogens is 262 g/mol. The van der Waals surface area contributed by atoms with Crippen LogP contribution in [0.1, 0.15) is 32.3 Å². The minimum atomic E-state index is -1.09. The minimum Gasteiger partial charge on any atom is -0.508 e. The highest BCUT2D eigenvalue weighted by Crippen LogP contribution is 2.20. The first-order chi connectivity index (χ1) is 9.19. The molecule has 1 atom stereocenters. The molecule has 1 unspecified atom stereocenters. The van der Waals surface area contributed by atoms with Crippen LogP contribution < -0.4 is 5.32 Å². The molecule has 0 radical (unpaired) electrons. The van der Waals surface area contributed by atoms with Crippen molar-refractivity contribution < 1.29 is 24.5 Å². The number of rotatable bonds is 4. The maximum absolute atomic E-state index is 11.5. The molecule has 0 saturated carbocycles. The summed E-state index contributed by atoms with van der Waals surface area (Å²) in [7, 11) is 0. The number of alkyl carbamates (subject to hydrolysis) is 1. The summed E-state index contributed by atoms with van der Waals surface area (Å²) in [5.41, 5.74) is -0.234. The highest BCUT2D eigenvalue weighted by Gasteiger charge is 2.23. The Bertz CT molecular complexity index is 493. The van der Waals surface area contributed by atoms with Gasteiger partial charge in [0.25, 0.3) is 0 Å². The van der Waals surface area contributed by atoms with Crippen LogP contribution in [0.4, 0.5) is 4.79 Å². The highest BCUT2D eigenvalue weighted by atomic mass is 16.6. The highest BCUT2D eigenvalue weighted by molar-refractivity contribution is 5.78. The molecule has 0 spiro atoms. The fourth-order valence-corrected chi connectivity index (χ4v) is 1.59. The Morgan fingerprint density at radius 2 is 2.00 bits per heavy atom. The van der Waals surface area contributed by atoms with Crippen LogP contribution in [0, 0.1) is 0 Å². The van der Waals surface area contributed by atoms with Crippen LogP contribution in [-0.4, -0.2) is 34.4 Å². The number of aliphatic carboxylic acids is 1. The standard InChI is InChI=1S/C14H19NO5/c1-14(2,3)20-13(19)15-8-11(12(17)18)9-5-4-6-10(16)7-9/h4-7,11,16H,8H2,1-3H3,(H,15,19)(H,17,18). The van der Waals surface area contributed by atoms with Crippen molar-refractivity contribution in [1.29, 1.82) is 0 Å². The van der Waals surface area contributed by atoms with E-state index < -0.39 is 23.6 Å². The molecule has 1 amide bonds. The zero-order valence-corrected chi connectivity index (χ0v) is 11.7. The van der Waals surface area contributed by atoms with Gasteiger partial charge in [-0.1, -0.05) is 12.1 Å². The van der Waals surface area contributed by atoms with Crippen molar-refractivity contribution in [2.45, 2.75) is 32.3 Å². The first-order valence-electron chi connectivity index (χ1n) is 6.17. The number of carbonyl (C=O) groups is 2. The van der Waals surface area contributed by atoms with E-state index in [0.717, 1.165) is 0 Å². The van der Waals surface area contributed by atoms with Crippen LogP contribution in [0.25, 0.3) is 0 Å². The summed E-state index contributed by atoms with van der Waals surface area (Å²) >= 11 is 0. The Morgan fingerprint density at radius 3 is 2.50 bits per heavy atom. The lowest BCUT2D eigenvalue weighted by Crippen LogP contribution is -2.36. The summed E-state index contributed by atoms with van der Waals surface area (Å²) in [5.74, 6) is -2.06. The topological polar surface area (TPSA) is 95.9 Å². The van der Waals surface area contributed by atoms with Gasteiger partial charge >= 0.3 is 12.1 Å². The zero-order chi connectivity index (χ0) is 15.3. The van der Waals surface area contributed by atoms with Crippen molar-refractivity contribution in [3.8, 4) is 5.75 Å². The third kappa shape index (κ3) is 5.17. The normalized spacial score (nSPS) is 12.6. The van der Waals surface area contributed by atoms with Gasteiger partial charge in [0.2, 0.25) is 0 Å². The molecule has 6 nitrogen and oxygen atoms in total. The maximum Gasteiger partial charge on any atom is 0.407 e. The summed E-state index contributed by atoms with van der Waals surface area (Å²) in [6.45, 7) is 5.04. The lowest BCUT2D eigenvalue weighted by Gasteiger charge is -2.21. The number of aromatic hydroxyl groups is 1. The maximum atomic E-state index is 11.5. The fourth-order valence-electron chi connectivity index (χ4n) is 1.59. The number of hydrogen-bond acceptors (Lipinski definition) is 4. The minimum absolute atomic E-state index is 0.0222. The van der Waals surface area contributed by atoms with E-state index in [0.29, 0.717) is 5.56 Å². The number of nitrogens with one attached hydrogen (secondary N) is 1. The van der Waals surface area contributed by atoms with Crippen LogP contribution in [0.2, 0.25) is 0 Å². The molecule has 0 aromatic heterocycles. The summed E-state index contributed by atoms with van der Waals surface area (Å²) in [6.07, 6.45) is -0.677. The number of phenolic OH excluding ortho intramolecular Hbond substituents is 1. The van der Waals surface area contributed by atoms with E-state index in [1.807, 2.05) is 0 Å². The Hall–Kier alpha value is -2.24. The Morgan fingerprint density at radius 1 is 1.35 bits per heavy atom. The summed E-state index contributed by atoms with van der Waals surface area (Å²) in [4.78, 5) is 22.7. The van der Waals surface area contributed by atoms with E-state index in [9.17, 15) is 19.8 Å². The Labute approximate surface area is 117 Å². The van der Waals surface area contributed by atoms with Gasteiger partial charge in [-0.25, -0.2) is 4.79 Å². The molecule has 1 aromatic rings. The largest absolute Gasteiger partial charge is 0.508 e. The Balaban J connectivity index is 2.70. The number of amides is 1. The number of carboxylic acids is 1. The number of carboxylic acid groups (broad SMARTS) is 1. The van der Waals surface area contributed by atoms with Crippen molar-refractivity contribution in [2.24, 2.45) is 0 Å². The molecule has 0 aliphatic carbocycles. The second-order valence-corrected chi connectivity index (χ2v) is 5.37. The molecule has 0 fully saturated rings. The third-order valence-electron chi connectivity index (χ3n) is 2.42. The third-order valence-corrected chi connectivity index (χ3v) is 2.42. The van der Waals surface area contributed by atoms with Crippen molar-refractivity contribution in [3.63, 3.8) is 0 Å². The van der Waals surface area contributed by atoms with Crippen molar-refractivity contribution in [2.75, 3.05) is 6.54 Å². The molecule has 1 rings (SSSR count). The number of hydrogen-bond donors (Lipinski definition) is 3. The summed E-state index contributed by atoms with van der Waals surface area (Å²) < 4.78 is 5.04. The van der Waals surface area contributed by atoms with Gasteiger partial charge < -0.3 is 20.3 Å². The van der Waals surface area contributed by atoms with Crippen LogP contribution in [0.15, 0.2) is 24.3 Å². The molecule has 0 aliphatic heterocycles. The monoisotopic (exact) mass is 281 g/mol. The van der Waals surface area contributed by atoms with Crippen molar-refractivity contribution >= 4 is 12.1 Å². The average Bonchev–Trinajstić information content (AvgIpc) is 2.26. The van der Waals surface area contributed by atoms with Crippen LogP contribution in [-0.2, 0) is 9.53 Å². The first kappa shape index (κ1) is 15.8. The molecule has 0 aliphatic rings. The van der Waals surface area contributed by atoms with Gasteiger partial charge in [0, 0.05) is 6.54 Å². The van der Waals surface area contributed by atoms with Crippen LogP contribution in [0.3, 0.4) is 0 Å². The number of phenols is 1. The molecular formula is C14H19NO5. The summed E-state index contributed by atoms with van der Waals surface area (Å²) in [5, 5.41) is 21.0. The van der Waals surface area contributed by atoms with E-state index in [1.165, 1.54) is 12.1 Å². The van der Waals surface area contributed by atoms with Crippen LogP contribution in [0.5, 0.6) is 5.75 Å². The second-order valence-electron chi connectivity index (χ2n) is 5.37. The van der Waals surface area contributed by atoms with E-state index in [4.69, 9.17) is 4.74 Å². The first-order valence-corrected chi connectivity index (χ1v) is 6.17. The second kappa shape index (κ2) is 6.27. The quantitative estimate of drug-likeness (QED) is 0.785. The molecule has 0 heterocycles. The van der Waals surface area contributed by atoms with Gasteiger partial charge in [-0.15, -0.1) is 0 Å². The summed E-state index contributed by atoms with van der Waals surface area (Å²) in [6, 6.07) is 5.93. The van der Waals surface area contributed by atoms with Gasteiger partial charge in [-0.3, -0.25) is 4.79 Å². The Kier molecular flexibility index (Phi) is 4.96. The predicted molar refractivity (Wildman–Crippen MR) is 72.7 cm³/mol. The van der Waals surface area contributed by atoms with Crippen molar-refractivity contribution in [1.82, 2.24) is 5.32 Å². The van der Waals surface area contributed by atoms with Gasteiger partial charge in [-0.05, 0) is 38.5 Å². The molecule has 0 bridgehead atoms. The van der Waals surface area contributed by atoms with Gasteiger partial charge in [0.15, 0.2) is 0 Å². The van der Waals surface area contributed by atoms with Gasteiger partial charge in [-0.2, -0.15) is 0 Å². The zero-order valence-electron chi connectivity index (χ0n) is 11.7. The molecule has 1 aromatic carbocycles. The smallest absolute Gasteiger partial charge is 0.407 e. The van der Waals surface area contributed by atoms with E-state index in [-0.39, 0.29) is 12.3 Å². The number of carbonyl (C=O) groups excluding carboxylic acids is 1. The molecule has 0 saturated heterocycles. The molecule has 20 heavy (non-hydrogen) atoms. The van der Waals surface area contributed by atoms with Crippen LogP contribution >= 0.6 is 0 Å². The van der Waals surface area contributed by atoms with Gasteiger partial charge in [0.1, 0.15) is 11.4 Å². The average molecular weight is 281 g/mol. The predicted octanol–water partition coefficient (Wildman–Crippen LogP) is 2.09. The van der Waals surface area contributed by atoms with Gasteiger partial charge in [0.05, 0.1) is 5.92 Å². The number of ether oxygens (including phenoxy) is 1. The number of benzene rings is 1. The molecule has 110 valence electrons. The van der Waals surface area contributed by atoms with E-state index >= 15 is 0 Å². The lowest BCUT2D eigenvalue weighted by atomic mass is 9.99. The fraction of sp³-hybridized carbons (Fsp3) is 0.429.